The second-order valence-electron chi connectivity index (χ2n) is 13.8. The van der Waals surface area contributed by atoms with Crippen molar-refractivity contribution in [3.8, 4) is 16.9 Å². The van der Waals surface area contributed by atoms with E-state index in [1.807, 2.05) is 81.4 Å². The summed E-state index contributed by atoms with van der Waals surface area (Å²) in [6.07, 6.45) is 1.55. The lowest BCUT2D eigenvalue weighted by atomic mass is 9.61. The molecule has 3 aromatic carbocycles. The number of fused-ring (bicyclic) bond motifs is 3. The van der Waals surface area contributed by atoms with Crippen LogP contribution in [-0.4, -0.2) is 54.6 Å². The van der Waals surface area contributed by atoms with Crippen molar-refractivity contribution < 1.29 is 33.7 Å². The molecule has 0 aromatic heterocycles. The molecule has 3 aliphatic rings. The topological polar surface area (TPSA) is 189 Å². The summed E-state index contributed by atoms with van der Waals surface area (Å²) < 4.78 is 20.3. The number of primary amides is 1. The van der Waals surface area contributed by atoms with Crippen LogP contribution in [0.3, 0.4) is 0 Å². The summed E-state index contributed by atoms with van der Waals surface area (Å²) in [5, 5.41) is 30.0. The molecule has 1 saturated carbocycles. The molecular weight excluding hydrogens is 683 g/mol. The fraction of sp³-hybridized carbons (Fsp3) is 0.359. The molecule has 1 amide bonds. The van der Waals surface area contributed by atoms with Crippen molar-refractivity contribution in [2.45, 2.75) is 45.3 Å². The van der Waals surface area contributed by atoms with Gasteiger partial charge in [-0.2, -0.15) is 0 Å². The summed E-state index contributed by atoms with van der Waals surface area (Å²) in [4.78, 5) is 52.9. The maximum Gasteiger partial charge on any atom is 0.254 e. The quantitative estimate of drug-likeness (QED) is 0.0649. The number of aliphatic hydroxyl groups excluding tert-OH is 1. The van der Waals surface area contributed by atoms with Crippen molar-refractivity contribution in [2.24, 2.45) is 28.7 Å². The van der Waals surface area contributed by atoms with Crippen LogP contribution in [0, 0.1) is 22.7 Å². The molecular formula is C39H43N4O8P. The summed E-state index contributed by atoms with van der Waals surface area (Å²) in [6, 6.07) is 18.6. The Morgan fingerprint density at radius 1 is 1.06 bits per heavy atom. The van der Waals surface area contributed by atoms with Gasteiger partial charge in [-0.1, -0.05) is 49.4 Å². The highest BCUT2D eigenvalue weighted by molar-refractivity contribution is 7.59. The Morgan fingerprint density at radius 2 is 1.75 bits per heavy atom. The number of aromatic hydroxyl groups is 1. The number of phenolic OH excluding ortho intramolecular Hbond substituents is 1. The van der Waals surface area contributed by atoms with Gasteiger partial charge in [-0.05, 0) is 84.5 Å². The minimum atomic E-state index is -3.22. The predicted molar refractivity (Wildman–Crippen MR) is 200 cm³/mol. The Kier molecular flexibility index (Phi) is 10.3. The molecule has 0 bridgehead atoms. The number of allylic oxidation sites excluding steroid dienone is 2. The highest BCUT2D eigenvalue weighted by atomic mass is 31.2. The number of para-hydroxylation sites is 1. The number of hydrogen-bond acceptors (Lipinski definition) is 11. The molecule has 3 aliphatic carbocycles. The fourth-order valence-corrected chi connectivity index (χ4v) is 10.7. The summed E-state index contributed by atoms with van der Waals surface area (Å²) in [6.45, 7) is 4.07. The Labute approximate surface area is 302 Å². The Bertz CT molecular complexity index is 2050. The van der Waals surface area contributed by atoms with Gasteiger partial charge in [0.15, 0.2) is 11.6 Å². The first-order chi connectivity index (χ1) is 24.8. The lowest BCUT2D eigenvalue weighted by molar-refractivity contribution is -0.134. The molecule has 5 unspecified atom stereocenters. The number of nitrogens with zero attached hydrogens (tertiary/aromatic N) is 2. The number of nitrogens with two attached hydrogens (primary N) is 1. The number of aliphatic hydroxyl groups is 1. The van der Waals surface area contributed by atoms with Gasteiger partial charge in [-0.15, -0.1) is 4.91 Å². The number of anilines is 2. The molecule has 5 atom stereocenters. The van der Waals surface area contributed by atoms with Gasteiger partial charge in [0.05, 0.1) is 18.1 Å². The number of nitrogens with one attached hydrogen (secondary N) is 1. The zero-order valence-corrected chi connectivity index (χ0v) is 30.5. The number of hydrogen-bond donors (Lipinski definition) is 4. The minimum absolute atomic E-state index is 0.0124. The molecule has 13 heteroatoms. The van der Waals surface area contributed by atoms with Crippen molar-refractivity contribution in [1.82, 2.24) is 0 Å². The van der Waals surface area contributed by atoms with Crippen LogP contribution in [0.1, 0.15) is 55.6 Å². The number of Topliss-reactive ketones (excluding diaryl/α,β-unsaturated/α-hetero) is 2. The van der Waals surface area contributed by atoms with E-state index >= 15 is 0 Å². The van der Waals surface area contributed by atoms with E-state index in [1.54, 1.807) is 12.1 Å². The van der Waals surface area contributed by atoms with Crippen molar-refractivity contribution in [1.29, 1.82) is 0 Å². The van der Waals surface area contributed by atoms with Gasteiger partial charge in [0.1, 0.15) is 28.6 Å². The Hall–Kier alpha value is -5.06. The van der Waals surface area contributed by atoms with Crippen LogP contribution in [0.4, 0.5) is 11.4 Å². The van der Waals surface area contributed by atoms with Crippen molar-refractivity contribution in [2.75, 3.05) is 37.1 Å². The van der Waals surface area contributed by atoms with Crippen LogP contribution >= 0.6 is 7.37 Å². The van der Waals surface area contributed by atoms with Crippen LogP contribution in [0.5, 0.6) is 5.75 Å². The first-order valence-electron chi connectivity index (χ1n) is 17.4. The highest BCUT2D eigenvalue weighted by Gasteiger charge is 2.52. The zero-order valence-electron chi connectivity index (χ0n) is 29.6. The molecule has 12 nitrogen and oxygen atoms in total. The number of benzene rings is 3. The summed E-state index contributed by atoms with van der Waals surface area (Å²) in [5.74, 6) is -6.34. The summed E-state index contributed by atoms with van der Waals surface area (Å²) >= 11 is 0. The molecule has 1 fully saturated rings. The smallest absolute Gasteiger partial charge is 0.254 e. The molecule has 0 saturated heterocycles. The number of rotatable bonds is 12. The number of ketones is 2. The van der Waals surface area contributed by atoms with E-state index in [0.717, 1.165) is 11.3 Å². The minimum Gasteiger partial charge on any atom is -0.507 e. The lowest BCUT2D eigenvalue weighted by Crippen LogP contribution is -2.46. The van der Waals surface area contributed by atoms with Crippen LogP contribution < -0.4 is 16.0 Å². The number of amides is 1. The van der Waals surface area contributed by atoms with Crippen LogP contribution in [0.2, 0.25) is 0 Å². The average Bonchev–Trinajstić information content (AvgIpc) is 3.10. The van der Waals surface area contributed by atoms with Crippen LogP contribution in [-0.2, 0) is 29.9 Å². The molecule has 6 rings (SSSR count). The molecule has 0 aliphatic heterocycles. The van der Waals surface area contributed by atoms with E-state index in [2.05, 4.69) is 10.5 Å². The maximum atomic E-state index is 14.3. The van der Waals surface area contributed by atoms with Crippen LogP contribution in [0.15, 0.2) is 82.7 Å². The third-order valence-electron chi connectivity index (χ3n) is 10.3. The van der Waals surface area contributed by atoms with Gasteiger partial charge < -0.3 is 30.7 Å². The van der Waals surface area contributed by atoms with E-state index in [9.17, 15) is 34.1 Å². The number of nitroso groups, excluding NO2 is 1. The van der Waals surface area contributed by atoms with Gasteiger partial charge in [-0.25, -0.2) is 0 Å². The largest absolute Gasteiger partial charge is 0.507 e. The SMILES string of the molecule is CCCP(=O)(OCC)C(Nc1ccccc1)c1ccc(-c2cc(N(C)C)c3c(c2O)C(O)=C2C(=O)C4C(=O)C(C(N)=O)=C(N=O)CC4CC2C3)cc1. The second kappa shape index (κ2) is 14.5. The van der Waals surface area contributed by atoms with E-state index in [0.29, 0.717) is 35.0 Å². The van der Waals surface area contributed by atoms with Crippen molar-refractivity contribution in [3.05, 3.63) is 99.1 Å². The first-order valence-corrected chi connectivity index (χ1v) is 19.3. The molecule has 272 valence electrons. The van der Waals surface area contributed by atoms with E-state index in [-0.39, 0.29) is 48.5 Å². The fourth-order valence-electron chi connectivity index (χ4n) is 8.13. The highest BCUT2D eigenvalue weighted by Crippen LogP contribution is 2.60. The lowest BCUT2D eigenvalue weighted by Gasteiger charge is -2.41. The average molecular weight is 727 g/mol. The molecule has 0 spiro atoms. The number of phenols is 1. The molecule has 3 aromatic rings. The van der Waals surface area contributed by atoms with Gasteiger partial charge >= 0.3 is 0 Å². The summed E-state index contributed by atoms with van der Waals surface area (Å²) in [5.41, 5.74) is 8.56. The van der Waals surface area contributed by atoms with Crippen LogP contribution in [0.25, 0.3) is 16.9 Å². The number of carbonyl (C=O) groups excluding carboxylic acids is 3. The first kappa shape index (κ1) is 36.7. The molecule has 5 N–H and O–H groups in total. The molecule has 52 heavy (non-hydrogen) atoms. The van der Waals surface area contributed by atoms with Gasteiger partial charge in [0.25, 0.3) is 5.91 Å². The standard InChI is InChI=1S/C39H43N4O8P/c1-5-16-52(50,51-6-2)39(41-25-10-8-7-9-11-25)22-14-12-21(13-15-22)26-20-29(43(3)4)27-18-23-17-24-19-28(42-49)33(38(40)48)37(47)31(24)35(45)30(23)36(46)32(27)34(26)44/h7-15,20,23-24,31,39,41,44,46H,5-6,16-19H2,1-4H3,(H2,40,48). The van der Waals surface area contributed by atoms with Gasteiger partial charge in [0, 0.05) is 42.8 Å². The maximum absolute atomic E-state index is 14.3. The third kappa shape index (κ3) is 6.34. The Balaban J connectivity index is 1.43. The summed E-state index contributed by atoms with van der Waals surface area (Å²) in [7, 11) is 0.464. The number of carbonyl (C=O) groups is 3. The second-order valence-corrected chi connectivity index (χ2v) is 16.5. The van der Waals surface area contributed by atoms with Crippen molar-refractivity contribution >= 4 is 42.0 Å². The monoisotopic (exact) mass is 726 g/mol. The van der Waals surface area contributed by atoms with Crippen molar-refractivity contribution in [3.63, 3.8) is 0 Å². The third-order valence-corrected chi connectivity index (χ3v) is 13.3. The molecule has 0 heterocycles. The normalized spacial score (nSPS) is 21.4. The molecule has 0 radical (unpaired) electrons. The van der Waals surface area contributed by atoms with E-state index < -0.39 is 59.7 Å². The van der Waals surface area contributed by atoms with E-state index in [1.165, 1.54) is 0 Å². The Morgan fingerprint density at radius 3 is 2.35 bits per heavy atom. The van der Waals surface area contributed by atoms with E-state index in [4.69, 9.17) is 10.3 Å². The predicted octanol–water partition coefficient (Wildman–Crippen LogP) is 7.09. The van der Waals surface area contributed by atoms with Gasteiger partial charge in [0.2, 0.25) is 7.37 Å². The zero-order chi connectivity index (χ0) is 37.5. The van der Waals surface area contributed by atoms with Gasteiger partial charge in [-0.3, -0.25) is 18.9 Å².